The molecular formula is C11H24NO4+. The van der Waals surface area contributed by atoms with Crippen LogP contribution in [0.2, 0.25) is 0 Å². The molecule has 0 heterocycles. The molecule has 0 radical (unpaired) electrons. The van der Waals surface area contributed by atoms with Gasteiger partial charge in [-0.2, -0.15) is 0 Å². The van der Waals surface area contributed by atoms with Gasteiger partial charge in [-0.05, 0) is 13.3 Å². The fraction of sp³-hybridized carbons (Fsp3) is 0.727. The van der Waals surface area contributed by atoms with E-state index in [1.807, 2.05) is 13.8 Å². The van der Waals surface area contributed by atoms with Crippen molar-refractivity contribution in [1.29, 1.82) is 0 Å². The molecule has 0 amide bonds. The highest BCUT2D eigenvalue weighted by Crippen LogP contribution is 1.97. The fourth-order valence-corrected chi connectivity index (χ4v) is 0.435. The van der Waals surface area contributed by atoms with Gasteiger partial charge in [-0.3, -0.25) is 4.79 Å². The number of hydrogen-bond acceptors (Lipinski definition) is 3. The third-order valence-electron chi connectivity index (χ3n) is 1.65. The molecular weight excluding hydrogens is 210 g/mol. The summed E-state index contributed by atoms with van der Waals surface area (Å²) in [6.07, 6.45) is 0.718. The molecule has 1 atom stereocenters. The zero-order valence-electron chi connectivity index (χ0n) is 10.5. The Kier molecular flexibility index (Phi) is 13.3. The molecule has 0 rings (SSSR count). The van der Waals surface area contributed by atoms with Gasteiger partial charge in [-0.25, -0.2) is 9.78 Å². The first-order chi connectivity index (χ1) is 7.45. The van der Waals surface area contributed by atoms with Gasteiger partial charge in [0.2, 0.25) is 0 Å². The maximum atomic E-state index is 9.93. The third-order valence-corrected chi connectivity index (χ3v) is 1.65. The van der Waals surface area contributed by atoms with E-state index in [2.05, 4.69) is 17.2 Å². The summed E-state index contributed by atoms with van der Waals surface area (Å²) in [4.78, 5) is 19.3. The van der Waals surface area contributed by atoms with Crippen LogP contribution >= 0.6 is 0 Å². The predicted molar refractivity (Wildman–Crippen MR) is 61.6 cm³/mol. The lowest BCUT2D eigenvalue weighted by Crippen LogP contribution is -2.52. The molecule has 0 aromatic rings. The smallest absolute Gasteiger partial charge is 0.306 e. The molecule has 5 nitrogen and oxygen atoms in total. The van der Waals surface area contributed by atoms with Gasteiger partial charge in [0.05, 0.1) is 5.92 Å². The second-order valence-corrected chi connectivity index (χ2v) is 3.54. The van der Waals surface area contributed by atoms with Crippen LogP contribution in [-0.4, -0.2) is 30.8 Å². The summed E-state index contributed by atoms with van der Waals surface area (Å²) in [7, 11) is 0. The van der Waals surface area contributed by atoms with Crippen LogP contribution in [0.15, 0.2) is 12.2 Å². The Morgan fingerprint density at radius 1 is 1.50 bits per heavy atom. The summed E-state index contributed by atoms with van der Waals surface area (Å²) in [6.45, 7) is 10.8. The number of quaternary nitrogens is 1. The molecule has 0 saturated carbocycles. The number of carboxylic acid groups (broad SMARTS) is 1. The molecule has 0 aromatic carbocycles. The molecule has 96 valence electrons. The summed E-state index contributed by atoms with van der Waals surface area (Å²) in [5.74, 6) is -0.887. The Balaban J connectivity index is 0. The summed E-state index contributed by atoms with van der Waals surface area (Å²) >= 11 is 0. The van der Waals surface area contributed by atoms with Crippen LogP contribution in [0, 0.1) is 5.92 Å². The highest BCUT2D eigenvalue weighted by Gasteiger charge is 2.05. The quantitative estimate of drug-likeness (QED) is 0.296. The minimum Gasteiger partial charge on any atom is -0.481 e. The monoisotopic (exact) mass is 234 g/mol. The Bertz CT molecular complexity index is 194. The van der Waals surface area contributed by atoms with E-state index in [9.17, 15) is 4.79 Å². The van der Waals surface area contributed by atoms with Gasteiger partial charge in [0.1, 0.15) is 19.8 Å². The minimum absolute atomic E-state index is 0.181. The fourth-order valence-electron chi connectivity index (χ4n) is 0.435. The molecule has 0 saturated heterocycles. The van der Waals surface area contributed by atoms with Gasteiger partial charge in [-0.15, -0.1) is 0 Å². The van der Waals surface area contributed by atoms with Crippen LogP contribution in [0.3, 0.4) is 0 Å². The Morgan fingerprint density at radius 2 is 2.06 bits per heavy atom. The number of hydrogen-bond donors (Lipinski definition) is 2. The number of carboxylic acids is 1. The maximum absolute atomic E-state index is 9.93. The Hall–Kier alpha value is -0.910. The van der Waals surface area contributed by atoms with E-state index in [1.165, 1.54) is 0 Å². The van der Waals surface area contributed by atoms with E-state index in [4.69, 9.17) is 9.99 Å². The maximum Gasteiger partial charge on any atom is 0.306 e. The van der Waals surface area contributed by atoms with E-state index < -0.39 is 5.97 Å². The van der Waals surface area contributed by atoms with Crippen molar-refractivity contribution in [3.8, 4) is 0 Å². The van der Waals surface area contributed by atoms with Crippen molar-refractivity contribution >= 4 is 5.97 Å². The van der Waals surface area contributed by atoms with Gasteiger partial charge < -0.3 is 10.8 Å². The molecule has 0 aliphatic carbocycles. The van der Waals surface area contributed by atoms with Crippen LogP contribution in [0.5, 0.6) is 0 Å². The van der Waals surface area contributed by atoms with Crippen molar-refractivity contribution in [3.05, 3.63) is 12.2 Å². The van der Waals surface area contributed by atoms with E-state index in [-0.39, 0.29) is 5.92 Å². The first kappa shape index (κ1) is 17.5. The van der Waals surface area contributed by atoms with Crippen LogP contribution in [0.25, 0.3) is 0 Å². The lowest BCUT2D eigenvalue weighted by atomic mass is 10.1. The molecule has 0 aromatic heterocycles. The second-order valence-electron chi connectivity index (χ2n) is 3.54. The largest absolute Gasteiger partial charge is 0.481 e. The normalized spacial score (nSPS) is 11.2. The highest BCUT2D eigenvalue weighted by molar-refractivity contribution is 5.69. The van der Waals surface area contributed by atoms with Crippen molar-refractivity contribution < 1.29 is 25.4 Å². The summed E-state index contributed by atoms with van der Waals surface area (Å²) in [6, 6.07) is 0. The Morgan fingerprint density at radius 3 is 2.31 bits per heavy atom. The van der Waals surface area contributed by atoms with Gasteiger partial charge in [0.15, 0.2) is 0 Å². The van der Waals surface area contributed by atoms with Crippen molar-refractivity contribution in [1.82, 2.24) is 0 Å². The van der Waals surface area contributed by atoms with Crippen molar-refractivity contribution in [2.24, 2.45) is 5.92 Å². The molecule has 0 aliphatic rings. The number of aliphatic carboxylic acids is 1. The summed E-state index contributed by atoms with van der Waals surface area (Å²) in [5, 5.41) is 8.18. The lowest BCUT2D eigenvalue weighted by molar-refractivity contribution is -0.401. The SMILES string of the molecule is C=C(C)COOCC[NH3+].CCC(C)C(=O)O. The number of carbonyl (C=O) groups is 1. The summed E-state index contributed by atoms with van der Waals surface area (Å²) < 4.78 is 0. The molecule has 4 N–H and O–H groups in total. The van der Waals surface area contributed by atoms with Gasteiger partial charge >= 0.3 is 5.97 Å². The van der Waals surface area contributed by atoms with Crippen molar-refractivity contribution in [2.75, 3.05) is 19.8 Å². The lowest BCUT2D eigenvalue weighted by Gasteiger charge is -1.99. The van der Waals surface area contributed by atoms with Crippen LogP contribution in [-0.2, 0) is 14.6 Å². The topological polar surface area (TPSA) is 83.4 Å². The Labute approximate surface area is 97.2 Å². The first-order valence-electron chi connectivity index (χ1n) is 5.36. The van der Waals surface area contributed by atoms with Crippen LogP contribution in [0.4, 0.5) is 0 Å². The van der Waals surface area contributed by atoms with E-state index >= 15 is 0 Å². The van der Waals surface area contributed by atoms with Gasteiger partial charge in [-0.1, -0.05) is 26.0 Å². The third kappa shape index (κ3) is 15.6. The van der Waals surface area contributed by atoms with Crippen molar-refractivity contribution in [3.63, 3.8) is 0 Å². The highest BCUT2D eigenvalue weighted by atomic mass is 17.2. The van der Waals surface area contributed by atoms with Crippen LogP contribution < -0.4 is 5.73 Å². The zero-order chi connectivity index (χ0) is 13.0. The van der Waals surface area contributed by atoms with E-state index in [0.717, 1.165) is 18.5 Å². The van der Waals surface area contributed by atoms with Crippen molar-refractivity contribution in [2.45, 2.75) is 27.2 Å². The molecule has 0 bridgehead atoms. The standard InChI is InChI=1S/C6H13NO2.C5H10O2/c1-6(2)5-9-8-4-3-7;1-3-4(2)5(6)7/h1,3-5,7H2,2H3;4H,3H2,1-2H3,(H,6,7)/p+1. The molecule has 5 heteroatoms. The first-order valence-corrected chi connectivity index (χ1v) is 5.36. The average Bonchev–Trinajstić information content (AvgIpc) is 2.23. The zero-order valence-corrected chi connectivity index (χ0v) is 10.5. The summed E-state index contributed by atoms with van der Waals surface area (Å²) in [5.41, 5.74) is 4.53. The van der Waals surface area contributed by atoms with E-state index in [0.29, 0.717) is 13.2 Å². The average molecular weight is 234 g/mol. The van der Waals surface area contributed by atoms with Gasteiger partial charge in [0.25, 0.3) is 0 Å². The minimum atomic E-state index is -0.706. The molecule has 1 unspecified atom stereocenters. The molecule has 0 aliphatic heterocycles. The molecule has 0 spiro atoms. The van der Waals surface area contributed by atoms with Crippen LogP contribution in [0.1, 0.15) is 27.2 Å². The van der Waals surface area contributed by atoms with E-state index in [1.54, 1.807) is 6.92 Å². The predicted octanol–water partition coefficient (Wildman–Crippen LogP) is 0.870. The number of rotatable bonds is 7. The molecule has 0 fully saturated rings. The second kappa shape index (κ2) is 12.2. The molecule has 16 heavy (non-hydrogen) atoms. The van der Waals surface area contributed by atoms with Gasteiger partial charge in [0, 0.05) is 0 Å².